The second kappa shape index (κ2) is 6.01. The highest BCUT2D eigenvalue weighted by atomic mass is 16.2. The fourth-order valence-electron chi connectivity index (χ4n) is 0.813. The van der Waals surface area contributed by atoms with Crippen molar-refractivity contribution < 1.29 is 4.79 Å². The number of nitrogens with two attached hydrogens (primary N) is 1. The predicted molar refractivity (Wildman–Crippen MR) is 46.0 cm³/mol. The normalized spacial score (nSPS) is 9.64. The maximum Gasteiger partial charge on any atom is 0.314 e. The van der Waals surface area contributed by atoms with Gasteiger partial charge in [-0.25, -0.2) is 4.79 Å². The van der Waals surface area contributed by atoms with E-state index >= 15 is 0 Å². The van der Waals surface area contributed by atoms with Crippen molar-refractivity contribution in [1.29, 1.82) is 0 Å². The van der Waals surface area contributed by atoms with Crippen LogP contribution >= 0.6 is 0 Å². The molecule has 3 heteroatoms. The summed E-state index contributed by atoms with van der Waals surface area (Å²) in [5, 5.41) is 0. The van der Waals surface area contributed by atoms with E-state index in [-0.39, 0.29) is 6.03 Å². The molecule has 65 valence electrons. The van der Waals surface area contributed by atoms with Gasteiger partial charge in [-0.05, 0) is 6.42 Å². The fraction of sp³-hybridized carbons (Fsp3) is 0.750. The van der Waals surface area contributed by atoms with Gasteiger partial charge in [0.1, 0.15) is 0 Å². The Morgan fingerprint density at radius 2 is 2.09 bits per heavy atom. The van der Waals surface area contributed by atoms with Gasteiger partial charge in [0, 0.05) is 13.6 Å². The molecule has 2 amide bonds. The number of amides is 2. The second-order valence-electron chi connectivity index (χ2n) is 2.67. The van der Waals surface area contributed by atoms with E-state index in [0.717, 1.165) is 32.2 Å². The summed E-state index contributed by atoms with van der Waals surface area (Å²) in [6.45, 7) is 4.49. The molecule has 0 fully saturated rings. The van der Waals surface area contributed by atoms with Crippen LogP contribution in [0.5, 0.6) is 0 Å². The van der Waals surface area contributed by atoms with Crippen LogP contribution in [0.4, 0.5) is 4.79 Å². The third-order valence-corrected chi connectivity index (χ3v) is 1.62. The molecule has 1 radical (unpaired) electrons. The second-order valence-corrected chi connectivity index (χ2v) is 2.67. The summed E-state index contributed by atoms with van der Waals surface area (Å²) in [5.41, 5.74) is 5.03. The van der Waals surface area contributed by atoms with Crippen LogP contribution in [-0.4, -0.2) is 24.5 Å². The van der Waals surface area contributed by atoms with E-state index in [0.29, 0.717) is 0 Å². The topological polar surface area (TPSA) is 46.3 Å². The molecule has 0 heterocycles. The molecule has 0 aromatic heterocycles. The molecule has 11 heavy (non-hydrogen) atoms. The Balaban J connectivity index is 3.17. The fourth-order valence-corrected chi connectivity index (χ4v) is 0.813. The van der Waals surface area contributed by atoms with Crippen molar-refractivity contribution in [1.82, 2.24) is 4.90 Å². The van der Waals surface area contributed by atoms with E-state index in [1.54, 1.807) is 7.05 Å². The van der Waals surface area contributed by atoms with Gasteiger partial charge in [0.15, 0.2) is 0 Å². The van der Waals surface area contributed by atoms with E-state index < -0.39 is 0 Å². The standard InChI is InChI=1S/C8H17N2O/c1-3-4-5-6-7-10(2)8(9)11/h1,3-7H2,2H3,(H2,9,11). The van der Waals surface area contributed by atoms with Gasteiger partial charge in [0.25, 0.3) is 0 Å². The van der Waals surface area contributed by atoms with Crippen LogP contribution in [0, 0.1) is 6.92 Å². The predicted octanol–water partition coefficient (Wildman–Crippen LogP) is 1.39. The molecular formula is C8H17N2O. The highest BCUT2D eigenvalue weighted by molar-refractivity contribution is 5.71. The molecule has 0 aromatic carbocycles. The molecule has 0 aliphatic rings. The zero-order valence-electron chi connectivity index (χ0n) is 7.18. The molecular weight excluding hydrogens is 140 g/mol. The number of rotatable bonds is 5. The van der Waals surface area contributed by atoms with Gasteiger partial charge in [-0.15, -0.1) is 0 Å². The van der Waals surface area contributed by atoms with Crippen molar-refractivity contribution in [2.75, 3.05) is 13.6 Å². The lowest BCUT2D eigenvalue weighted by atomic mass is 10.2. The highest BCUT2D eigenvalue weighted by Gasteiger charge is 2.00. The third-order valence-electron chi connectivity index (χ3n) is 1.62. The molecule has 0 rings (SSSR count). The van der Waals surface area contributed by atoms with Crippen molar-refractivity contribution in [2.45, 2.75) is 25.7 Å². The molecule has 0 spiro atoms. The van der Waals surface area contributed by atoms with Crippen LogP contribution in [0.3, 0.4) is 0 Å². The van der Waals surface area contributed by atoms with Crippen LogP contribution in [0.25, 0.3) is 0 Å². The summed E-state index contributed by atoms with van der Waals surface area (Å²) in [6, 6.07) is -0.348. The van der Waals surface area contributed by atoms with Crippen LogP contribution in [-0.2, 0) is 0 Å². The van der Waals surface area contributed by atoms with Crippen LogP contribution in [0.2, 0.25) is 0 Å². The minimum atomic E-state index is -0.348. The van der Waals surface area contributed by atoms with Crippen molar-refractivity contribution in [3.05, 3.63) is 6.92 Å². The average Bonchev–Trinajstić information content (AvgIpc) is 1.97. The molecule has 0 atom stereocenters. The van der Waals surface area contributed by atoms with Gasteiger partial charge in [0.05, 0.1) is 0 Å². The minimum Gasteiger partial charge on any atom is -0.351 e. The van der Waals surface area contributed by atoms with E-state index in [9.17, 15) is 4.79 Å². The first-order valence-corrected chi connectivity index (χ1v) is 3.98. The molecule has 3 nitrogen and oxygen atoms in total. The summed E-state index contributed by atoms with van der Waals surface area (Å²) < 4.78 is 0. The summed E-state index contributed by atoms with van der Waals surface area (Å²) >= 11 is 0. The Morgan fingerprint density at radius 3 is 2.55 bits per heavy atom. The SMILES string of the molecule is [CH2]CCCCCN(C)C(N)=O. The number of nitrogens with zero attached hydrogens (tertiary/aromatic N) is 1. The van der Waals surface area contributed by atoms with Gasteiger partial charge in [-0.2, -0.15) is 0 Å². The highest BCUT2D eigenvalue weighted by Crippen LogP contribution is 1.99. The zero-order chi connectivity index (χ0) is 8.69. The summed E-state index contributed by atoms with van der Waals surface area (Å²) in [6.07, 6.45) is 4.25. The first kappa shape index (κ1) is 10.3. The molecule has 0 bridgehead atoms. The Hall–Kier alpha value is -0.730. The zero-order valence-corrected chi connectivity index (χ0v) is 7.18. The molecule has 0 aromatic rings. The van der Waals surface area contributed by atoms with Crippen LogP contribution < -0.4 is 5.73 Å². The van der Waals surface area contributed by atoms with E-state index in [2.05, 4.69) is 6.92 Å². The Labute approximate surface area is 68.6 Å². The monoisotopic (exact) mass is 157 g/mol. The summed E-state index contributed by atoms with van der Waals surface area (Å²) in [5.74, 6) is 0. The number of hydrogen-bond donors (Lipinski definition) is 1. The lowest BCUT2D eigenvalue weighted by molar-refractivity contribution is 0.217. The van der Waals surface area contributed by atoms with Gasteiger partial charge < -0.3 is 10.6 Å². The van der Waals surface area contributed by atoms with Gasteiger partial charge in [-0.1, -0.05) is 26.2 Å². The average molecular weight is 157 g/mol. The Morgan fingerprint density at radius 1 is 1.45 bits per heavy atom. The lowest BCUT2D eigenvalue weighted by Gasteiger charge is -2.12. The quantitative estimate of drug-likeness (QED) is 0.602. The lowest BCUT2D eigenvalue weighted by Crippen LogP contribution is -2.32. The molecule has 0 saturated carbocycles. The van der Waals surface area contributed by atoms with Gasteiger partial charge in [0.2, 0.25) is 0 Å². The summed E-state index contributed by atoms with van der Waals surface area (Å²) in [4.78, 5) is 12.0. The van der Waals surface area contributed by atoms with Crippen LogP contribution in [0.15, 0.2) is 0 Å². The number of carbonyl (C=O) groups excluding carboxylic acids is 1. The van der Waals surface area contributed by atoms with Crippen molar-refractivity contribution >= 4 is 6.03 Å². The number of hydrogen-bond acceptors (Lipinski definition) is 1. The third kappa shape index (κ3) is 5.70. The van der Waals surface area contributed by atoms with Crippen molar-refractivity contribution in [3.8, 4) is 0 Å². The molecule has 0 aliphatic carbocycles. The number of carbonyl (C=O) groups is 1. The van der Waals surface area contributed by atoms with E-state index in [4.69, 9.17) is 5.73 Å². The number of unbranched alkanes of at least 4 members (excludes halogenated alkanes) is 3. The molecule has 0 unspecified atom stereocenters. The Kier molecular flexibility index (Phi) is 5.61. The number of primary amides is 1. The van der Waals surface area contributed by atoms with Crippen LogP contribution in [0.1, 0.15) is 25.7 Å². The van der Waals surface area contributed by atoms with Gasteiger partial charge in [-0.3, -0.25) is 0 Å². The first-order chi connectivity index (χ1) is 5.18. The molecule has 2 N–H and O–H groups in total. The number of urea groups is 1. The van der Waals surface area contributed by atoms with Crippen molar-refractivity contribution in [3.63, 3.8) is 0 Å². The maximum atomic E-state index is 10.5. The smallest absolute Gasteiger partial charge is 0.314 e. The molecule has 0 saturated heterocycles. The van der Waals surface area contributed by atoms with E-state index in [1.165, 1.54) is 4.90 Å². The summed E-state index contributed by atoms with van der Waals surface area (Å²) in [7, 11) is 1.71. The minimum absolute atomic E-state index is 0.348. The Bertz CT molecular complexity index is 115. The van der Waals surface area contributed by atoms with E-state index in [1.807, 2.05) is 0 Å². The maximum absolute atomic E-state index is 10.5. The van der Waals surface area contributed by atoms with Crippen molar-refractivity contribution in [2.24, 2.45) is 5.73 Å². The van der Waals surface area contributed by atoms with Gasteiger partial charge >= 0.3 is 6.03 Å². The largest absolute Gasteiger partial charge is 0.351 e. The molecule has 0 aliphatic heterocycles. The first-order valence-electron chi connectivity index (χ1n) is 3.98.